The molecule has 3 N–H and O–H groups in total. The smallest absolute Gasteiger partial charge is 0.228 e. The summed E-state index contributed by atoms with van der Waals surface area (Å²) in [6, 6.07) is 13.3. The van der Waals surface area contributed by atoms with Crippen molar-refractivity contribution in [3.8, 4) is 5.75 Å². The van der Waals surface area contributed by atoms with Crippen LogP contribution < -0.4 is 15.8 Å². The number of nitrogens with two attached hydrogens (primary N) is 1. The number of anilines is 1. The van der Waals surface area contributed by atoms with E-state index in [9.17, 15) is 4.79 Å². The maximum absolute atomic E-state index is 11.6. The molecule has 0 bridgehead atoms. The van der Waals surface area contributed by atoms with Crippen molar-refractivity contribution in [3.05, 3.63) is 59.2 Å². The Morgan fingerprint density at radius 3 is 2.81 bits per heavy atom. The fourth-order valence-electron chi connectivity index (χ4n) is 2.62. The summed E-state index contributed by atoms with van der Waals surface area (Å²) in [6.07, 6.45) is 0.427. The lowest BCUT2D eigenvalue weighted by atomic mass is 9.99. The van der Waals surface area contributed by atoms with Gasteiger partial charge >= 0.3 is 0 Å². The van der Waals surface area contributed by atoms with Crippen LogP contribution in [-0.2, 0) is 11.2 Å². The quantitative estimate of drug-likeness (QED) is 0.906. The first-order valence-corrected chi connectivity index (χ1v) is 7.00. The van der Waals surface area contributed by atoms with Crippen molar-refractivity contribution in [1.29, 1.82) is 0 Å². The van der Waals surface area contributed by atoms with Gasteiger partial charge in [-0.2, -0.15) is 0 Å². The zero-order valence-electron chi connectivity index (χ0n) is 11.9. The Morgan fingerprint density at radius 1 is 1.29 bits per heavy atom. The van der Waals surface area contributed by atoms with Gasteiger partial charge in [0.05, 0.1) is 12.5 Å². The molecule has 3 rings (SSSR count). The van der Waals surface area contributed by atoms with Crippen molar-refractivity contribution in [2.75, 3.05) is 11.9 Å². The first kappa shape index (κ1) is 13.6. The van der Waals surface area contributed by atoms with Gasteiger partial charge in [0.2, 0.25) is 5.91 Å². The summed E-state index contributed by atoms with van der Waals surface area (Å²) in [4.78, 5) is 11.6. The minimum atomic E-state index is -0.280. The molecule has 1 unspecified atom stereocenters. The summed E-state index contributed by atoms with van der Waals surface area (Å²) >= 11 is 0. The highest BCUT2D eigenvalue weighted by Gasteiger charge is 2.24. The van der Waals surface area contributed by atoms with E-state index in [2.05, 4.69) is 5.32 Å². The van der Waals surface area contributed by atoms with Gasteiger partial charge in [0, 0.05) is 5.69 Å². The molecule has 1 heterocycles. The fourth-order valence-corrected chi connectivity index (χ4v) is 2.62. The van der Waals surface area contributed by atoms with Crippen LogP contribution in [0.1, 0.15) is 22.7 Å². The number of fused-ring (bicyclic) bond motifs is 1. The first-order valence-electron chi connectivity index (χ1n) is 7.00. The summed E-state index contributed by atoms with van der Waals surface area (Å²) in [5.74, 6) is 0.814. The molecule has 0 spiro atoms. The highest BCUT2D eigenvalue weighted by atomic mass is 16.5. The molecule has 108 valence electrons. The Hall–Kier alpha value is -2.33. The van der Waals surface area contributed by atoms with E-state index in [1.807, 2.05) is 49.4 Å². The molecule has 0 fully saturated rings. The van der Waals surface area contributed by atoms with Crippen molar-refractivity contribution in [2.45, 2.75) is 19.4 Å². The van der Waals surface area contributed by atoms with Gasteiger partial charge in [-0.1, -0.05) is 35.9 Å². The van der Waals surface area contributed by atoms with Gasteiger partial charge in [0.25, 0.3) is 0 Å². The third-order valence-corrected chi connectivity index (χ3v) is 3.58. The summed E-state index contributed by atoms with van der Waals surface area (Å²) in [6.45, 7) is 2.38. The number of aryl methyl sites for hydroxylation is 1. The Bertz CT molecular complexity index is 668. The lowest BCUT2D eigenvalue weighted by Crippen LogP contribution is -2.20. The molecule has 2 aromatic carbocycles. The minimum absolute atomic E-state index is 0.0213. The molecule has 1 aliphatic rings. The number of hydrogen-bond acceptors (Lipinski definition) is 3. The lowest BCUT2D eigenvalue weighted by Gasteiger charge is -2.17. The van der Waals surface area contributed by atoms with Gasteiger partial charge in [-0.15, -0.1) is 0 Å². The van der Waals surface area contributed by atoms with Gasteiger partial charge in [-0.3, -0.25) is 4.79 Å². The summed E-state index contributed by atoms with van der Waals surface area (Å²) < 4.78 is 5.71. The van der Waals surface area contributed by atoms with Crippen LogP contribution in [0.3, 0.4) is 0 Å². The van der Waals surface area contributed by atoms with E-state index in [1.54, 1.807) is 0 Å². The van der Waals surface area contributed by atoms with Gasteiger partial charge in [-0.05, 0) is 30.2 Å². The normalized spacial score (nSPS) is 14.5. The van der Waals surface area contributed by atoms with Crippen molar-refractivity contribution >= 4 is 11.6 Å². The van der Waals surface area contributed by atoms with Crippen LogP contribution in [0, 0.1) is 6.92 Å². The number of carbonyl (C=O) groups excluding carboxylic acids is 1. The highest BCUT2D eigenvalue weighted by molar-refractivity contribution is 6.00. The molecule has 2 aromatic rings. The van der Waals surface area contributed by atoms with Crippen LogP contribution in [0.2, 0.25) is 0 Å². The fraction of sp³-hybridized carbons (Fsp3) is 0.235. The molecule has 0 saturated carbocycles. The molecular weight excluding hydrogens is 264 g/mol. The zero-order chi connectivity index (χ0) is 14.8. The summed E-state index contributed by atoms with van der Waals surface area (Å²) in [7, 11) is 0. The Balaban J connectivity index is 1.79. The maximum atomic E-state index is 11.6. The van der Waals surface area contributed by atoms with Crippen LogP contribution in [-0.4, -0.2) is 12.5 Å². The SMILES string of the molecule is Cc1cc2c(c(C(N)COc3ccccc3)c1)NC(=O)C2. The van der Waals surface area contributed by atoms with Crippen LogP contribution >= 0.6 is 0 Å². The topological polar surface area (TPSA) is 64.3 Å². The second kappa shape index (κ2) is 5.58. The zero-order valence-corrected chi connectivity index (χ0v) is 11.9. The second-order valence-electron chi connectivity index (χ2n) is 5.34. The van der Waals surface area contributed by atoms with Gasteiger partial charge < -0.3 is 15.8 Å². The molecule has 0 aromatic heterocycles. The first-order chi connectivity index (χ1) is 10.1. The van der Waals surface area contributed by atoms with E-state index in [1.165, 1.54) is 0 Å². The van der Waals surface area contributed by atoms with Crippen LogP contribution in [0.25, 0.3) is 0 Å². The molecule has 1 amide bonds. The average molecular weight is 282 g/mol. The number of carbonyl (C=O) groups is 1. The average Bonchev–Trinajstić information content (AvgIpc) is 2.85. The van der Waals surface area contributed by atoms with E-state index in [-0.39, 0.29) is 11.9 Å². The van der Waals surface area contributed by atoms with Crippen LogP contribution in [0.5, 0.6) is 5.75 Å². The van der Waals surface area contributed by atoms with Crippen molar-refractivity contribution in [2.24, 2.45) is 5.73 Å². The van der Waals surface area contributed by atoms with E-state index in [0.717, 1.165) is 28.1 Å². The van der Waals surface area contributed by atoms with E-state index in [4.69, 9.17) is 10.5 Å². The Kier molecular flexibility index (Phi) is 3.62. The molecule has 4 nitrogen and oxygen atoms in total. The summed E-state index contributed by atoms with van der Waals surface area (Å²) in [5.41, 5.74) is 10.2. The predicted molar refractivity (Wildman–Crippen MR) is 82.4 cm³/mol. The maximum Gasteiger partial charge on any atom is 0.228 e. The van der Waals surface area contributed by atoms with Gasteiger partial charge in [0.15, 0.2) is 0 Å². The number of hydrogen-bond donors (Lipinski definition) is 2. The molecular formula is C17H18N2O2. The molecule has 0 saturated heterocycles. The van der Waals surface area contributed by atoms with Crippen molar-refractivity contribution in [3.63, 3.8) is 0 Å². The van der Waals surface area contributed by atoms with Crippen LogP contribution in [0.4, 0.5) is 5.69 Å². The van der Waals surface area contributed by atoms with E-state index < -0.39 is 0 Å². The number of rotatable bonds is 4. The molecule has 1 aliphatic heterocycles. The van der Waals surface area contributed by atoms with Gasteiger partial charge in [-0.25, -0.2) is 0 Å². The molecule has 21 heavy (non-hydrogen) atoms. The van der Waals surface area contributed by atoms with Crippen LogP contribution in [0.15, 0.2) is 42.5 Å². The number of para-hydroxylation sites is 1. The molecule has 0 aliphatic carbocycles. The lowest BCUT2D eigenvalue weighted by molar-refractivity contribution is -0.115. The molecule has 0 radical (unpaired) electrons. The van der Waals surface area contributed by atoms with Crippen molar-refractivity contribution < 1.29 is 9.53 Å². The summed E-state index contributed by atoms with van der Waals surface area (Å²) in [5, 5.41) is 2.90. The number of benzene rings is 2. The largest absolute Gasteiger partial charge is 0.492 e. The standard InChI is InChI=1S/C17H18N2O2/c1-11-7-12-9-16(20)19-17(12)14(8-11)15(18)10-21-13-5-3-2-4-6-13/h2-8,15H,9-10,18H2,1H3,(H,19,20). The van der Waals surface area contributed by atoms with Crippen molar-refractivity contribution in [1.82, 2.24) is 0 Å². The minimum Gasteiger partial charge on any atom is -0.492 e. The van der Waals surface area contributed by atoms with Gasteiger partial charge in [0.1, 0.15) is 12.4 Å². The Labute approximate surface area is 123 Å². The number of ether oxygens (including phenoxy) is 1. The predicted octanol–water partition coefficient (Wildman–Crippen LogP) is 2.57. The second-order valence-corrected chi connectivity index (χ2v) is 5.34. The third-order valence-electron chi connectivity index (χ3n) is 3.58. The van der Waals surface area contributed by atoms with E-state index >= 15 is 0 Å². The Morgan fingerprint density at radius 2 is 2.05 bits per heavy atom. The number of nitrogens with one attached hydrogen (secondary N) is 1. The monoisotopic (exact) mass is 282 g/mol. The molecule has 4 heteroatoms. The number of amides is 1. The third kappa shape index (κ3) is 2.90. The van der Waals surface area contributed by atoms with E-state index in [0.29, 0.717) is 13.0 Å². The highest BCUT2D eigenvalue weighted by Crippen LogP contribution is 2.32. The molecule has 1 atom stereocenters.